The van der Waals surface area contributed by atoms with Gasteiger partial charge in [0, 0.05) is 17.6 Å². The molecule has 4 rings (SSSR count). The molecule has 0 amide bonds. The van der Waals surface area contributed by atoms with E-state index >= 15 is 0 Å². The molecule has 124 valence electrons. The lowest BCUT2D eigenvalue weighted by Crippen LogP contribution is -2.08. The van der Waals surface area contributed by atoms with Crippen molar-refractivity contribution in [1.29, 1.82) is 0 Å². The van der Waals surface area contributed by atoms with E-state index in [-0.39, 0.29) is 11.5 Å². The van der Waals surface area contributed by atoms with Gasteiger partial charge in [-0.2, -0.15) is 9.97 Å². The molecular weight excluding hydrogens is 394 g/mol. The zero-order chi connectivity index (χ0) is 16.5. The number of aromatic nitrogens is 4. The fraction of sp³-hybridized carbons (Fsp3) is 0.312. The van der Waals surface area contributed by atoms with Crippen LogP contribution in [-0.2, 0) is 11.3 Å². The molecule has 2 aromatic heterocycles. The summed E-state index contributed by atoms with van der Waals surface area (Å²) in [4.78, 5) is 13.1. The Hall–Kier alpha value is -1.70. The minimum Gasteiger partial charge on any atom is -0.364 e. The number of anilines is 1. The Morgan fingerprint density at radius 1 is 1.38 bits per heavy atom. The number of benzene rings is 1. The van der Waals surface area contributed by atoms with Gasteiger partial charge in [0.1, 0.15) is 6.23 Å². The highest BCUT2D eigenvalue weighted by atomic mass is 79.9. The van der Waals surface area contributed by atoms with Crippen LogP contribution in [0.15, 0.2) is 35.1 Å². The molecule has 0 bridgehead atoms. The lowest BCUT2D eigenvalue weighted by molar-refractivity contribution is 0.0593. The smallest absolute Gasteiger partial charge is 0.226 e. The number of hydrogen-bond acceptors (Lipinski definition) is 5. The second-order valence-corrected chi connectivity index (χ2v) is 6.87. The van der Waals surface area contributed by atoms with Gasteiger partial charge in [0.25, 0.3) is 0 Å². The van der Waals surface area contributed by atoms with Gasteiger partial charge in [-0.25, -0.2) is 4.98 Å². The van der Waals surface area contributed by atoms with Crippen molar-refractivity contribution in [2.24, 2.45) is 0 Å². The lowest BCUT2D eigenvalue weighted by atomic mass is 10.2. The second-order valence-electron chi connectivity index (χ2n) is 5.62. The number of imidazole rings is 1. The van der Waals surface area contributed by atoms with E-state index in [4.69, 9.17) is 16.3 Å². The Kier molecular flexibility index (Phi) is 4.39. The van der Waals surface area contributed by atoms with Crippen molar-refractivity contribution in [3.63, 3.8) is 0 Å². The average molecular weight is 409 g/mol. The Morgan fingerprint density at radius 2 is 2.29 bits per heavy atom. The van der Waals surface area contributed by atoms with Gasteiger partial charge >= 0.3 is 0 Å². The standard InChI is InChI=1S/C16H15BrClN5O/c17-11-4-1-3-10(7-11)8-19-14-13-15(22-16(18)21-14)23(9-20-13)12-5-2-6-24-12/h1,3-4,7,9,12H,2,5-6,8H2,(H,19,21,22). The van der Waals surface area contributed by atoms with E-state index < -0.39 is 0 Å². The van der Waals surface area contributed by atoms with Crippen molar-refractivity contribution in [3.05, 3.63) is 45.9 Å². The van der Waals surface area contributed by atoms with Crippen LogP contribution in [0.4, 0.5) is 5.82 Å². The minimum atomic E-state index is -0.0288. The summed E-state index contributed by atoms with van der Waals surface area (Å²) in [5.41, 5.74) is 2.52. The van der Waals surface area contributed by atoms with E-state index in [0.29, 0.717) is 23.5 Å². The molecule has 0 spiro atoms. The van der Waals surface area contributed by atoms with Gasteiger partial charge in [0.15, 0.2) is 17.0 Å². The van der Waals surface area contributed by atoms with Crippen molar-refractivity contribution in [3.8, 4) is 0 Å². The van der Waals surface area contributed by atoms with Crippen LogP contribution in [0.1, 0.15) is 24.6 Å². The van der Waals surface area contributed by atoms with Crippen molar-refractivity contribution in [1.82, 2.24) is 19.5 Å². The first-order valence-electron chi connectivity index (χ1n) is 7.71. The van der Waals surface area contributed by atoms with Crippen LogP contribution in [-0.4, -0.2) is 26.1 Å². The molecule has 3 heterocycles. The molecule has 1 aromatic carbocycles. The third-order valence-electron chi connectivity index (χ3n) is 3.96. The van der Waals surface area contributed by atoms with Gasteiger partial charge < -0.3 is 10.1 Å². The number of ether oxygens (including phenoxy) is 1. The number of nitrogens with zero attached hydrogens (tertiary/aromatic N) is 4. The van der Waals surface area contributed by atoms with Crippen LogP contribution in [0.3, 0.4) is 0 Å². The maximum atomic E-state index is 6.11. The number of fused-ring (bicyclic) bond motifs is 1. The number of rotatable bonds is 4. The lowest BCUT2D eigenvalue weighted by Gasteiger charge is -2.12. The fourth-order valence-corrected chi connectivity index (χ4v) is 3.45. The average Bonchev–Trinajstić information content (AvgIpc) is 3.21. The minimum absolute atomic E-state index is 0.0288. The summed E-state index contributed by atoms with van der Waals surface area (Å²) in [6.45, 7) is 1.38. The molecule has 1 atom stereocenters. The molecule has 1 aliphatic heterocycles. The molecule has 0 saturated carbocycles. The molecule has 8 heteroatoms. The molecule has 0 radical (unpaired) electrons. The highest BCUT2D eigenvalue weighted by Gasteiger charge is 2.22. The first-order valence-corrected chi connectivity index (χ1v) is 8.88. The molecule has 1 fully saturated rings. The maximum Gasteiger partial charge on any atom is 0.226 e. The summed E-state index contributed by atoms with van der Waals surface area (Å²) in [7, 11) is 0. The zero-order valence-corrected chi connectivity index (χ0v) is 15.1. The molecule has 6 nitrogen and oxygen atoms in total. The predicted molar refractivity (Wildman–Crippen MR) is 96.0 cm³/mol. The number of hydrogen-bond donors (Lipinski definition) is 1. The first-order chi connectivity index (χ1) is 11.7. The summed E-state index contributed by atoms with van der Waals surface area (Å²) in [6, 6.07) is 8.09. The van der Waals surface area contributed by atoms with Gasteiger partial charge in [-0.15, -0.1) is 0 Å². The van der Waals surface area contributed by atoms with Crippen molar-refractivity contribution in [2.75, 3.05) is 11.9 Å². The normalized spacial score (nSPS) is 17.5. The Balaban J connectivity index is 1.65. The quantitative estimate of drug-likeness (QED) is 0.657. The third kappa shape index (κ3) is 3.11. The molecule has 0 aliphatic carbocycles. The van der Waals surface area contributed by atoms with E-state index in [2.05, 4.69) is 42.3 Å². The molecule has 1 N–H and O–H groups in total. The van der Waals surface area contributed by atoms with E-state index in [1.54, 1.807) is 6.33 Å². The zero-order valence-electron chi connectivity index (χ0n) is 12.7. The van der Waals surface area contributed by atoms with Gasteiger partial charge in [-0.1, -0.05) is 28.1 Å². The molecule has 1 unspecified atom stereocenters. The van der Waals surface area contributed by atoms with Gasteiger partial charge in [-0.05, 0) is 42.1 Å². The SMILES string of the molecule is Clc1nc(NCc2cccc(Br)c2)c2ncn(C3CCCO3)c2n1. The van der Waals surface area contributed by atoms with E-state index in [0.717, 1.165) is 29.5 Å². The Bertz CT molecular complexity index is 878. The van der Waals surface area contributed by atoms with Crippen LogP contribution in [0.5, 0.6) is 0 Å². The van der Waals surface area contributed by atoms with Crippen LogP contribution >= 0.6 is 27.5 Å². The Labute approximate surface area is 152 Å². The third-order valence-corrected chi connectivity index (χ3v) is 4.62. The molecule has 1 aliphatic rings. The van der Waals surface area contributed by atoms with Crippen molar-refractivity contribution in [2.45, 2.75) is 25.6 Å². The van der Waals surface area contributed by atoms with E-state index in [9.17, 15) is 0 Å². The summed E-state index contributed by atoms with van der Waals surface area (Å²) >= 11 is 9.59. The van der Waals surface area contributed by atoms with Gasteiger partial charge in [0.2, 0.25) is 5.28 Å². The topological polar surface area (TPSA) is 64.9 Å². The summed E-state index contributed by atoms with van der Waals surface area (Å²) in [6.07, 6.45) is 3.71. The van der Waals surface area contributed by atoms with E-state index in [1.807, 2.05) is 22.8 Å². The van der Waals surface area contributed by atoms with Crippen LogP contribution in [0, 0.1) is 0 Å². The maximum absolute atomic E-state index is 6.11. The molecule has 3 aromatic rings. The van der Waals surface area contributed by atoms with Gasteiger partial charge in [-0.3, -0.25) is 4.57 Å². The van der Waals surface area contributed by atoms with Gasteiger partial charge in [0.05, 0.1) is 6.33 Å². The van der Waals surface area contributed by atoms with Crippen molar-refractivity contribution >= 4 is 44.5 Å². The second kappa shape index (κ2) is 6.66. The van der Waals surface area contributed by atoms with Crippen LogP contribution < -0.4 is 5.32 Å². The molecule has 1 saturated heterocycles. The van der Waals surface area contributed by atoms with E-state index in [1.165, 1.54) is 0 Å². The first kappa shape index (κ1) is 15.8. The molecule has 24 heavy (non-hydrogen) atoms. The Morgan fingerprint density at radius 3 is 3.08 bits per heavy atom. The monoisotopic (exact) mass is 407 g/mol. The van der Waals surface area contributed by atoms with Crippen molar-refractivity contribution < 1.29 is 4.74 Å². The number of nitrogens with one attached hydrogen (secondary N) is 1. The fourth-order valence-electron chi connectivity index (χ4n) is 2.84. The predicted octanol–water partition coefficient (Wildman–Crippen LogP) is 4.16. The summed E-state index contributed by atoms with van der Waals surface area (Å²) in [5.74, 6) is 0.627. The number of halogens is 2. The van der Waals surface area contributed by atoms with Crippen LogP contribution in [0.25, 0.3) is 11.2 Å². The summed E-state index contributed by atoms with van der Waals surface area (Å²) in [5, 5.41) is 3.50. The largest absolute Gasteiger partial charge is 0.364 e. The highest BCUT2D eigenvalue weighted by molar-refractivity contribution is 9.10. The summed E-state index contributed by atoms with van der Waals surface area (Å²) < 4.78 is 8.69. The highest BCUT2D eigenvalue weighted by Crippen LogP contribution is 2.29. The van der Waals surface area contributed by atoms with Crippen LogP contribution in [0.2, 0.25) is 5.28 Å². The molecular formula is C16H15BrClN5O.